The number of rotatable bonds is 5. The first kappa shape index (κ1) is 18.7. The molecular formula is C19H16Br2N2O3. The van der Waals surface area contributed by atoms with E-state index in [4.69, 9.17) is 4.74 Å². The zero-order chi connectivity index (χ0) is 18.7. The highest BCUT2D eigenvalue weighted by Crippen LogP contribution is 2.28. The topological polar surface area (TPSA) is 58.6 Å². The first-order valence-electron chi connectivity index (χ1n) is 7.99. The minimum atomic E-state index is -0.391. The summed E-state index contributed by atoms with van der Waals surface area (Å²) < 4.78 is 7.63. The van der Waals surface area contributed by atoms with E-state index in [1.54, 1.807) is 13.0 Å². The molecule has 2 aromatic rings. The van der Waals surface area contributed by atoms with Gasteiger partial charge in [-0.1, -0.05) is 34.1 Å². The average molecular weight is 480 g/mol. The number of hydrogen-bond acceptors (Lipinski definition) is 3. The summed E-state index contributed by atoms with van der Waals surface area (Å²) in [7, 11) is 0. The van der Waals surface area contributed by atoms with Crippen molar-refractivity contribution in [3.05, 3.63) is 68.2 Å². The normalized spacial score (nSPS) is 15.5. The van der Waals surface area contributed by atoms with Crippen LogP contribution in [-0.2, 0) is 11.4 Å². The van der Waals surface area contributed by atoms with Crippen molar-refractivity contribution in [1.29, 1.82) is 0 Å². The number of carbonyl (C=O) groups excluding carboxylic acids is 2. The first-order chi connectivity index (χ1) is 12.5. The van der Waals surface area contributed by atoms with E-state index in [1.165, 1.54) is 0 Å². The molecule has 5 nitrogen and oxygen atoms in total. The Labute approximate surface area is 168 Å². The van der Waals surface area contributed by atoms with Gasteiger partial charge in [-0.25, -0.2) is 4.79 Å². The van der Waals surface area contributed by atoms with Crippen LogP contribution in [0.25, 0.3) is 6.08 Å². The molecule has 2 aromatic carbocycles. The van der Waals surface area contributed by atoms with Gasteiger partial charge in [0, 0.05) is 11.0 Å². The third-order valence-corrected chi connectivity index (χ3v) is 5.00. The molecule has 0 atom stereocenters. The average Bonchev–Trinajstić information content (AvgIpc) is 2.88. The van der Waals surface area contributed by atoms with E-state index in [0.29, 0.717) is 18.9 Å². The zero-order valence-electron chi connectivity index (χ0n) is 14.0. The molecule has 3 rings (SSSR count). The number of carbonyl (C=O) groups is 2. The van der Waals surface area contributed by atoms with Crippen molar-refractivity contribution in [3.8, 4) is 5.75 Å². The number of halogens is 2. The Morgan fingerprint density at radius 1 is 1.12 bits per heavy atom. The minimum absolute atomic E-state index is 0.271. The summed E-state index contributed by atoms with van der Waals surface area (Å²) in [6, 6.07) is 13.0. The lowest BCUT2D eigenvalue weighted by Gasteiger charge is -2.09. The standard InChI is InChI=1S/C19H16Br2N2O3/c1-2-23-18(24)16(22-19(23)25)10-13-5-8-17(15(21)9-13)26-11-12-3-6-14(20)7-4-12/h3-10H,2,11H2,1H3,(H,22,25)/b16-10+. The SMILES string of the molecule is CCN1C(=O)N/C(=C/c2ccc(OCc3ccc(Br)cc3)c(Br)c2)C1=O. The summed E-state index contributed by atoms with van der Waals surface area (Å²) in [6.45, 7) is 2.55. The predicted octanol–water partition coefficient (Wildman–Crippen LogP) is 4.70. The molecule has 1 aliphatic heterocycles. The highest BCUT2D eigenvalue weighted by molar-refractivity contribution is 9.10. The van der Waals surface area contributed by atoms with Crippen molar-refractivity contribution in [2.24, 2.45) is 0 Å². The van der Waals surface area contributed by atoms with Gasteiger partial charge in [-0.05, 0) is 64.3 Å². The lowest BCUT2D eigenvalue weighted by molar-refractivity contribution is -0.122. The molecule has 134 valence electrons. The fraction of sp³-hybridized carbons (Fsp3) is 0.158. The minimum Gasteiger partial charge on any atom is -0.488 e. The Hall–Kier alpha value is -2.12. The highest BCUT2D eigenvalue weighted by Gasteiger charge is 2.31. The number of benzene rings is 2. The second kappa shape index (κ2) is 8.05. The Kier molecular flexibility index (Phi) is 5.78. The van der Waals surface area contributed by atoms with Gasteiger partial charge in [-0.15, -0.1) is 0 Å². The molecule has 1 N–H and O–H groups in total. The molecule has 3 amide bonds. The second-order valence-corrected chi connectivity index (χ2v) is 7.41. The number of nitrogens with zero attached hydrogens (tertiary/aromatic N) is 1. The third kappa shape index (κ3) is 4.16. The third-order valence-electron chi connectivity index (χ3n) is 3.85. The van der Waals surface area contributed by atoms with Crippen LogP contribution < -0.4 is 10.1 Å². The molecule has 1 aliphatic rings. The summed E-state index contributed by atoms with van der Waals surface area (Å²) in [5, 5.41) is 2.59. The van der Waals surface area contributed by atoms with E-state index < -0.39 is 6.03 Å². The van der Waals surface area contributed by atoms with Gasteiger partial charge < -0.3 is 10.1 Å². The molecule has 1 fully saturated rings. The van der Waals surface area contributed by atoms with Crippen molar-refractivity contribution in [3.63, 3.8) is 0 Å². The van der Waals surface area contributed by atoms with Crippen LogP contribution in [0.4, 0.5) is 4.79 Å². The van der Waals surface area contributed by atoms with Crippen LogP contribution in [-0.4, -0.2) is 23.4 Å². The summed E-state index contributed by atoms with van der Waals surface area (Å²) in [4.78, 5) is 25.0. The number of hydrogen-bond donors (Lipinski definition) is 1. The Morgan fingerprint density at radius 3 is 2.46 bits per heavy atom. The van der Waals surface area contributed by atoms with Crippen molar-refractivity contribution >= 4 is 49.9 Å². The summed E-state index contributed by atoms with van der Waals surface area (Å²) in [5.74, 6) is 0.385. The van der Waals surface area contributed by atoms with Crippen LogP contribution >= 0.6 is 31.9 Å². The number of imide groups is 1. The van der Waals surface area contributed by atoms with Crippen molar-refractivity contribution < 1.29 is 14.3 Å². The van der Waals surface area contributed by atoms with Crippen LogP contribution in [0.1, 0.15) is 18.1 Å². The van der Waals surface area contributed by atoms with Crippen LogP contribution in [0.3, 0.4) is 0 Å². The Balaban J connectivity index is 1.71. The number of likely N-dealkylation sites (N-methyl/N-ethyl adjacent to an activating group) is 1. The Morgan fingerprint density at radius 2 is 1.85 bits per heavy atom. The maximum absolute atomic E-state index is 12.1. The molecule has 26 heavy (non-hydrogen) atoms. The van der Waals surface area contributed by atoms with Crippen molar-refractivity contribution in [2.75, 3.05) is 6.54 Å². The van der Waals surface area contributed by atoms with Gasteiger partial charge in [0.2, 0.25) is 0 Å². The smallest absolute Gasteiger partial charge is 0.328 e. The summed E-state index contributed by atoms with van der Waals surface area (Å²) >= 11 is 6.90. The highest BCUT2D eigenvalue weighted by atomic mass is 79.9. The van der Waals surface area contributed by atoms with Gasteiger partial charge >= 0.3 is 6.03 Å². The van der Waals surface area contributed by atoms with E-state index in [-0.39, 0.29) is 11.6 Å². The number of urea groups is 1. The fourth-order valence-electron chi connectivity index (χ4n) is 2.49. The molecule has 1 heterocycles. The molecule has 0 spiro atoms. The van der Waals surface area contributed by atoms with Crippen molar-refractivity contribution in [1.82, 2.24) is 10.2 Å². The van der Waals surface area contributed by atoms with E-state index in [1.807, 2.05) is 42.5 Å². The predicted molar refractivity (Wildman–Crippen MR) is 107 cm³/mol. The van der Waals surface area contributed by atoms with E-state index in [2.05, 4.69) is 37.2 Å². The molecule has 0 aliphatic carbocycles. The van der Waals surface area contributed by atoms with Gasteiger partial charge in [0.1, 0.15) is 18.1 Å². The van der Waals surface area contributed by atoms with E-state index >= 15 is 0 Å². The molecule has 7 heteroatoms. The molecule has 0 saturated carbocycles. The molecule has 0 bridgehead atoms. The van der Waals surface area contributed by atoms with Gasteiger partial charge in [-0.2, -0.15) is 0 Å². The second-order valence-electron chi connectivity index (χ2n) is 5.64. The number of nitrogens with one attached hydrogen (secondary N) is 1. The van der Waals surface area contributed by atoms with Gasteiger partial charge in [0.25, 0.3) is 5.91 Å². The Bertz CT molecular complexity index is 879. The van der Waals surface area contributed by atoms with Crippen LogP contribution in [0.2, 0.25) is 0 Å². The first-order valence-corrected chi connectivity index (χ1v) is 9.58. The largest absolute Gasteiger partial charge is 0.488 e. The van der Waals surface area contributed by atoms with Gasteiger partial charge in [0.05, 0.1) is 4.47 Å². The van der Waals surface area contributed by atoms with E-state index in [0.717, 1.165) is 25.0 Å². The monoisotopic (exact) mass is 478 g/mol. The summed E-state index contributed by atoms with van der Waals surface area (Å²) in [5.41, 5.74) is 2.12. The van der Waals surface area contributed by atoms with Crippen LogP contribution in [0, 0.1) is 0 Å². The molecule has 0 unspecified atom stereocenters. The maximum atomic E-state index is 12.1. The van der Waals surface area contributed by atoms with Crippen LogP contribution in [0.15, 0.2) is 57.1 Å². The lowest BCUT2D eigenvalue weighted by atomic mass is 10.2. The molecule has 0 radical (unpaired) electrons. The summed E-state index contributed by atoms with van der Waals surface area (Å²) in [6.07, 6.45) is 1.65. The number of ether oxygens (including phenoxy) is 1. The van der Waals surface area contributed by atoms with Gasteiger partial charge in [-0.3, -0.25) is 9.69 Å². The molecular weight excluding hydrogens is 464 g/mol. The van der Waals surface area contributed by atoms with Gasteiger partial charge in [0.15, 0.2) is 0 Å². The molecule has 0 aromatic heterocycles. The van der Waals surface area contributed by atoms with E-state index in [9.17, 15) is 9.59 Å². The van der Waals surface area contributed by atoms with Crippen molar-refractivity contribution in [2.45, 2.75) is 13.5 Å². The fourth-order valence-corrected chi connectivity index (χ4v) is 3.27. The molecule has 1 saturated heterocycles. The number of amides is 3. The maximum Gasteiger partial charge on any atom is 0.328 e. The van der Waals surface area contributed by atoms with Crippen LogP contribution in [0.5, 0.6) is 5.75 Å². The zero-order valence-corrected chi connectivity index (χ0v) is 17.1. The lowest BCUT2D eigenvalue weighted by Crippen LogP contribution is -2.30. The quantitative estimate of drug-likeness (QED) is 0.499.